The highest BCUT2D eigenvalue weighted by atomic mass is 19.1. The predicted octanol–water partition coefficient (Wildman–Crippen LogP) is 4.51. The first kappa shape index (κ1) is 26.3. The summed E-state index contributed by atoms with van der Waals surface area (Å²) in [6, 6.07) is 4.33. The van der Waals surface area contributed by atoms with E-state index in [2.05, 4.69) is 42.2 Å². The fourth-order valence-corrected chi connectivity index (χ4v) is 5.14. The van der Waals surface area contributed by atoms with E-state index in [-0.39, 0.29) is 24.0 Å². The van der Waals surface area contributed by atoms with Crippen molar-refractivity contribution in [3.8, 4) is 5.75 Å². The van der Waals surface area contributed by atoms with Gasteiger partial charge in [0, 0.05) is 43.7 Å². The Morgan fingerprint density at radius 2 is 1.89 bits per heavy atom. The topological polar surface area (TPSA) is 105 Å². The summed E-state index contributed by atoms with van der Waals surface area (Å²) in [5.41, 5.74) is 2.46. The molecule has 10 nitrogen and oxygen atoms in total. The van der Waals surface area contributed by atoms with E-state index in [4.69, 9.17) is 14.2 Å². The molecule has 1 atom stereocenters. The molecule has 0 amide bonds. The summed E-state index contributed by atoms with van der Waals surface area (Å²) >= 11 is 0. The van der Waals surface area contributed by atoms with Crippen LogP contribution < -0.4 is 20.3 Å². The maximum absolute atomic E-state index is 14.2. The van der Waals surface area contributed by atoms with E-state index in [1.165, 1.54) is 6.20 Å². The molecule has 5 rings (SSSR count). The smallest absolute Gasteiger partial charge is 0.225 e. The number of aliphatic imine (C=N–C) groups is 2. The van der Waals surface area contributed by atoms with E-state index < -0.39 is 5.82 Å². The number of aromatic nitrogens is 2. The van der Waals surface area contributed by atoms with Crippen LogP contribution in [-0.2, 0) is 9.47 Å². The Kier molecular flexibility index (Phi) is 8.65. The van der Waals surface area contributed by atoms with Gasteiger partial charge in [-0.15, -0.1) is 0 Å². The molecule has 11 heteroatoms. The fraction of sp³-hybridized carbons (Fsp3) is 0.556. The Balaban J connectivity index is 1.22. The second-order valence-electron chi connectivity index (χ2n) is 9.79. The van der Waals surface area contributed by atoms with Crippen LogP contribution in [0.2, 0.25) is 0 Å². The minimum Gasteiger partial charge on any atom is -0.488 e. The molecule has 0 spiro atoms. The number of rotatable bonds is 9. The lowest BCUT2D eigenvalue weighted by molar-refractivity contribution is 0.122. The van der Waals surface area contributed by atoms with E-state index in [1.807, 2.05) is 19.1 Å². The summed E-state index contributed by atoms with van der Waals surface area (Å²) in [4.78, 5) is 19.6. The van der Waals surface area contributed by atoms with Crippen LogP contribution in [0.4, 0.5) is 33.2 Å². The van der Waals surface area contributed by atoms with Gasteiger partial charge in [0.05, 0.1) is 43.9 Å². The van der Waals surface area contributed by atoms with Crippen LogP contribution in [0.5, 0.6) is 5.75 Å². The van der Waals surface area contributed by atoms with Crippen molar-refractivity contribution in [3.63, 3.8) is 0 Å². The molecule has 3 heterocycles. The number of hydrogen-bond donors (Lipinski definition) is 2. The molecule has 2 aromatic rings. The molecule has 2 saturated heterocycles. The molecule has 1 aromatic heterocycles. The molecule has 0 radical (unpaired) electrons. The largest absolute Gasteiger partial charge is 0.488 e. The highest BCUT2D eigenvalue weighted by Crippen LogP contribution is 2.43. The zero-order valence-corrected chi connectivity index (χ0v) is 21.9. The van der Waals surface area contributed by atoms with Crippen LogP contribution in [0, 0.1) is 5.82 Å². The SMILES string of the molecule is C=Nc1c(/N=C\C)cc(N2CCOCC2)cc1O[C@H]1CC[C@@H](Nc2ncc(F)c(NC3CCOC3)n2)CC1. The summed E-state index contributed by atoms with van der Waals surface area (Å²) in [6.45, 7) is 9.94. The van der Waals surface area contributed by atoms with E-state index in [0.717, 1.165) is 56.6 Å². The van der Waals surface area contributed by atoms with Gasteiger partial charge in [0.25, 0.3) is 0 Å². The molecule has 1 unspecified atom stereocenters. The quantitative estimate of drug-likeness (QED) is 0.461. The van der Waals surface area contributed by atoms with Crippen molar-refractivity contribution in [2.75, 3.05) is 55.1 Å². The van der Waals surface area contributed by atoms with Gasteiger partial charge in [-0.05, 0) is 51.8 Å². The normalized spacial score (nSPS) is 23.9. The third-order valence-corrected chi connectivity index (χ3v) is 7.16. The Bertz CT molecular complexity index is 1130. The number of ether oxygens (including phenoxy) is 3. The number of anilines is 3. The van der Waals surface area contributed by atoms with Gasteiger partial charge < -0.3 is 29.7 Å². The molecule has 0 bridgehead atoms. The lowest BCUT2D eigenvalue weighted by atomic mass is 9.93. The molecule has 204 valence electrons. The van der Waals surface area contributed by atoms with Gasteiger partial charge in [-0.1, -0.05) is 0 Å². The van der Waals surface area contributed by atoms with Gasteiger partial charge in [-0.25, -0.2) is 9.37 Å². The molecule has 3 fully saturated rings. The highest BCUT2D eigenvalue weighted by molar-refractivity contribution is 5.80. The van der Waals surface area contributed by atoms with Crippen molar-refractivity contribution in [3.05, 3.63) is 24.1 Å². The van der Waals surface area contributed by atoms with Gasteiger partial charge in [-0.2, -0.15) is 4.98 Å². The molecular weight excluding hydrogens is 489 g/mol. The lowest BCUT2D eigenvalue weighted by Crippen LogP contribution is -2.36. The second kappa shape index (κ2) is 12.5. The predicted molar refractivity (Wildman–Crippen MR) is 148 cm³/mol. The summed E-state index contributed by atoms with van der Waals surface area (Å²) in [5.74, 6) is 0.882. The molecule has 1 aromatic carbocycles. The molecule has 2 aliphatic heterocycles. The Morgan fingerprint density at radius 3 is 2.61 bits per heavy atom. The van der Waals surface area contributed by atoms with E-state index in [0.29, 0.717) is 43.8 Å². The minimum atomic E-state index is -0.461. The highest BCUT2D eigenvalue weighted by Gasteiger charge is 2.26. The molecule has 1 saturated carbocycles. The van der Waals surface area contributed by atoms with Crippen molar-refractivity contribution in [1.82, 2.24) is 9.97 Å². The Hall–Kier alpha value is -3.31. The van der Waals surface area contributed by atoms with Crippen molar-refractivity contribution in [1.29, 1.82) is 0 Å². The van der Waals surface area contributed by atoms with Crippen LogP contribution in [0.1, 0.15) is 39.0 Å². The molecule has 2 N–H and O–H groups in total. The molecule has 1 aliphatic carbocycles. The molecule has 38 heavy (non-hydrogen) atoms. The van der Waals surface area contributed by atoms with Gasteiger partial charge >= 0.3 is 0 Å². The fourth-order valence-electron chi connectivity index (χ4n) is 5.14. The molecule has 3 aliphatic rings. The summed E-state index contributed by atoms with van der Waals surface area (Å²) < 4.78 is 31.6. The van der Waals surface area contributed by atoms with Gasteiger partial charge in [0.15, 0.2) is 11.6 Å². The van der Waals surface area contributed by atoms with Crippen LogP contribution >= 0.6 is 0 Å². The maximum Gasteiger partial charge on any atom is 0.225 e. The van der Waals surface area contributed by atoms with Crippen molar-refractivity contribution in [2.24, 2.45) is 9.98 Å². The Labute approximate surface area is 222 Å². The van der Waals surface area contributed by atoms with Crippen molar-refractivity contribution < 1.29 is 18.6 Å². The van der Waals surface area contributed by atoms with Gasteiger partial charge in [0.1, 0.15) is 11.4 Å². The first-order valence-corrected chi connectivity index (χ1v) is 13.4. The van der Waals surface area contributed by atoms with Crippen LogP contribution in [0.15, 0.2) is 28.3 Å². The third-order valence-electron chi connectivity index (χ3n) is 7.16. The Morgan fingerprint density at radius 1 is 1.08 bits per heavy atom. The summed E-state index contributed by atoms with van der Waals surface area (Å²) in [6.07, 6.45) is 7.32. The van der Waals surface area contributed by atoms with Gasteiger partial charge in [0.2, 0.25) is 5.95 Å². The van der Waals surface area contributed by atoms with E-state index in [1.54, 1.807) is 6.21 Å². The maximum atomic E-state index is 14.2. The number of nitrogens with zero attached hydrogens (tertiary/aromatic N) is 5. The first-order valence-electron chi connectivity index (χ1n) is 13.4. The van der Waals surface area contributed by atoms with E-state index in [9.17, 15) is 4.39 Å². The average molecular weight is 526 g/mol. The monoisotopic (exact) mass is 525 g/mol. The standard InChI is InChI=1S/C27H36FN7O3/c1-3-30-23-14-20(35-9-12-36-13-10-35)15-24(25(23)29-2)38-21-6-4-18(5-7-21)33-27-31-16-22(28)26(34-27)32-19-8-11-37-17-19/h3,14-16,18-19,21H,2,4-13,17H2,1H3,(H2,31,32,33,34)/b30-3-/t18-,19?,21+. The number of nitrogens with one attached hydrogen (secondary N) is 2. The van der Waals surface area contributed by atoms with Crippen LogP contribution in [0.25, 0.3) is 0 Å². The van der Waals surface area contributed by atoms with Crippen LogP contribution in [-0.4, -0.2) is 80.6 Å². The lowest BCUT2D eigenvalue weighted by Gasteiger charge is -2.32. The van der Waals surface area contributed by atoms with Gasteiger partial charge in [-0.3, -0.25) is 9.98 Å². The summed E-state index contributed by atoms with van der Waals surface area (Å²) in [7, 11) is 0. The zero-order valence-electron chi connectivity index (χ0n) is 21.9. The average Bonchev–Trinajstić information content (AvgIpc) is 3.45. The number of benzene rings is 1. The summed E-state index contributed by atoms with van der Waals surface area (Å²) in [5, 5.41) is 6.50. The van der Waals surface area contributed by atoms with Crippen molar-refractivity contribution in [2.45, 2.75) is 57.2 Å². The zero-order chi connectivity index (χ0) is 26.3. The first-order chi connectivity index (χ1) is 18.6. The minimum absolute atomic E-state index is 0.0423. The number of halogens is 1. The van der Waals surface area contributed by atoms with Crippen molar-refractivity contribution >= 4 is 41.8 Å². The third kappa shape index (κ3) is 6.39. The van der Waals surface area contributed by atoms with Crippen LogP contribution in [0.3, 0.4) is 0 Å². The number of hydrogen-bond acceptors (Lipinski definition) is 10. The molecular formula is C27H36FN7O3. The number of morpholine rings is 1. The second-order valence-corrected chi connectivity index (χ2v) is 9.79. The van der Waals surface area contributed by atoms with E-state index >= 15 is 0 Å².